The second kappa shape index (κ2) is 7.43. The van der Waals surface area contributed by atoms with E-state index in [1.807, 2.05) is 0 Å². The SMILES string of the molecule is COc1ccc(C2SCCN2S(=O)(=O)c2ccc(Cl)cc2)cc1[N+](=O)[O-]. The number of hydrogen-bond donors (Lipinski definition) is 0. The van der Waals surface area contributed by atoms with Gasteiger partial charge in [-0.1, -0.05) is 17.7 Å². The van der Waals surface area contributed by atoms with E-state index in [0.717, 1.165) is 0 Å². The van der Waals surface area contributed by atoms with E-state index in [9.17, 15) is 18.5 Å². The third kappa shape index (κ3) is 3.52. The molecule has 26 heavy (non-hydrogen) atoms. The molecule has 1 aliphatic rings. The molecule has 1 unspecified atom stereocenters. The zero-order valence-electron chi connectivity index (χ0n) is 13.7. The highest BCUT2D eigenvalue weighted by atomic mass is 35.5. The van der Waals surface area contributed by atoms with Crippen LogP contribution >= 0.6 is 23.4 Å². The molecule has 0 N–H and O–H groups in total. The van der Waals surface area contributed by atoms with Crippen molar-refractivity contribution in [3.05, 3.63) is 63.2 Å². The van der Waals surface area contributed by atoms with Crippen LogP contribution in [0.25, 0.3) is 0 Å². The number of nitrogens with zero attached hydrogens (tertiary/aromatic N) is 2. The smallest absolute Gasteiger partial charge is 0.311 e. The Morgan fingerprint density at radius 3 is 2.58 bits per heavy atom. The lowest BCUT2D eigenvalue weighted by Gasteiger charge is -2.23. The average Bonchev–Trinajstić information content (AvgIpc) is 3.12. The highest BCUT2D eigenvalue weighted by molar-refractivity contribution is 8.01. The number of ether oxygens (including phenoxy) is 1. The lowest BCUT2D eigenvalue weighted by atomic mass is 10.2. The molecule has 0 aromatic heterocycles. The molecule has 1 atom stereocenters. The van der Waals surface area contributed by atoms with Crippen molar-refractivity contribution in [1.82, 2.24) is 4.31 Å². The van der Waals surface area contributed by atoms with Gasteiger partial charge in [-0.25, -0.2) is 8.42 Å². The normalized spacial score (nSPS) is 18.0. The van der Waals surface area contributed by atoms with E-state index < -0.39 is 20.3 Å². The minimum atomic E-state index is -3.75. The first-order chi connectivity index (χ1) is 12.3. The molecule has 0 amide bonds. The van der Waals surface area contributed by atoms with Crippen LogP contribution in [0.3, 0.4) is 0 Å². The van der Waals surface area contributed by atoms with Crippen molar-refractivity contribution in [2.24, 2.45) is 0 Å². The van der Waals surface area contributed by atoms with Gasteiger partial charge in [-0.3, -0.25) is 10.1 Å². The first kappa shape index (κ1) is 19.0. The number of rotatable bonds is 5. The molecule has 0 spiro atoms. The average molecular weight is 415 g/mol. The number of hydrogen-bond acceptors (Lipinski definition) is 6. The highest BCUT2D eigenvalue weighted by Gasteiger charge is 2.37. The van der Waals surface area contributed by atoms with Gasteiger partial charge in [0.05, 0.1) is 22.3 Å². The van der Waals surface area contributed by atoms with E-state index in [1.54, 1.807) is 6.07 Å². The Bertz CT molecular complexity index is 934. The standard InChI is InChI=1S/C16H15ClN2O5S2/c1-24-15-7-2-11(10-14(15)19(20)21)16-18(8-9-25-16)26(22,23)13-5-3-12(17)4-6-13/h2-7,10,16H,8-9H2,1H3. The summed E-state index contributed by atoms with van der Waals surface area (Å²) in [4.78, 5) is 10.8. The summed E-state index contributed by atoms with van der Waals surface area (Å²) in [5.74, 6) is 0.728. The zero-order valence-corrected chi connectivity index (χ0v) is 16.1. The van der Waals surface area contributed by atoms with Crippen molar-refractivity contribution >= 4 is 39.1 Å². The van der Waals surface area contributed by atoms with Crippen molar-refractivity contribution in [3.8, 4) is 5.75 Å². The van der Waals surface area contributed by atoms with E-state index in [1.165, 1.54) is 59.6 Å². The Kier molecular flexibility index (Phi) is 5.42. The van der Waals surface area contributed by atoms with Crippen molar-refractivity contribution in [2.75, 3.05) is 19.4 Å². The van der Waals surface area contributed by atoms with Gasteiger partial charge in [-0.2, -0.15) is 4.31 Å². The summed E-state index contributed by atoms with van der Waals surface area (Å²) in [6, 6.07) is 10.4. The predicted molar refractivity (Wildman–Crippen MR) is 100 cm³/mol. The zero-order chi connectivity index (χ0) is 18.9. The third-order valence-electron chi connectivity index (χ3n) is 3.95. The van der Waals surface area contributed by atoms with E-state index in [4.69, 9.17) is 16.3 Å². The van der Waals surface area contributed by atoms with Crippen LogP contribution in [0.5, 0.6) is 5.75 Å². The van der Waals surface area contributed by atoms with Gasteiger partial charge in [0, 0.05) is 23.4 Å². The fourth-order valence-electron chi connectivity index (χ4n) is 2.71. The van der Waals surface area contributed by atoms with Crippen LogP contribution in [0.1, 0.15) is 10.9 Å². The van der Waals surface area contributed by atoms with Crippen LogP contribution in [0, 0.1) is 10.1 Å². The van der Waals surface area contributed by atoms with Crippen molar-refractivity contribution in [2.45, 2.75) is 10.3 Å². The van der Waals surface area contributed by atoms with Crippen LogP contribution in [-0.2, 0) is 10.0 Å². The molecule has 138 valence electrons. The van der Waals surface area contributed by atoms with E-state index >= 15 is 0 Å². The lowest BCUT2D eigenvalue weighted by molar-refractivity contribution is -0.385. The third-order valence-corrected chi connectivity index (χ3v) is 7.48. The van der Waals surface area contributed by atoms with Crippen LogP contribution in [0.15, 0.2) is 47.4 Å². The predicted octanol–water partition coefficient (Wildman–Crippen LogP) is 3.69. The van der Waals surface area contributed by atoms with Gasteiger partial charge < -0.3 is 4.74 Å². The Morgan fingerprint density at radius 1 is 1.27 bits per heavy atom. The Balaban J connectivity index is 1.99. The molecule has 1 aliphatic heterocycles. The molecular weight excluding hydrogens is 400 g/mol. The first-order valence-electron chi connectivity index (χ1n) is 7.56. The van der Waals surface area contributed by atoms with Gasteiger partial charge >= 0.3 is 5.69 Å². The van der Waals surface area contributed by atoms with Gasteiger partial charge in [-0.05, 0) is 35.9 Å². The Hall–Kier alpha value is -1.81. The molecule has 10 heteroatoms. The van der Waals surface area contributed by atoms with Crippen molar-refractivity contribution < 1.29 is 18.1 Å². The topological polar surface area (TPSA) is 89.8 Å². The van der Waals surface area contributed by atoms with Crippen LogP contribution in [-0.4, -0.2) is 37.1 Å². The maximum Gasteiger partial charge on any atom is 0.311 e. The summed E-state index contributed by atoms with van der Waals surface area (Å²) in [6.45, 7) is 0.320. The minimum absolute atomic E-state index is 0.133. The fraction of sp³-hybridized carbons (Fsp3) is 0.250. The summed E-state index contributed by atoms with van der Waals surface area (Å²) in [7, 11) is -2.40. The number of benzene rings is 2. The molecule has 1 fully saturated rings. The number of methoxy groups -OCH3 is 1. The fourth-order valence-corrected chi connectivity index (χ4v) is 6.07. The molecular formula is C16H15ClN2O5S2. The summed E-state index contributed by atoms with van der Waals surface area (Å²) >= 11 is 7.25. The molecule has 2 aromatic carbocycles. The summed E-state index contributed by atoms with van der Waals surface area (Å²) in [5, 5.41) is 11.2. The first-order valence-corrected chi connectivity index (χ1v) is 10.4. The van der Waals surface area contributed by atoms with Crippen molar-refractivity contribution in [3.63, 3.8) is 0 Å². The maximum absolute atomic E-state index is 13.0. The molecule has 7 nitrogen and oxygen atoms in total. The molecule has 0 aliphatic carbocycles. The van der Waals surface area contributed by atoms with Crippen LogP contribution < -0.4 is 4.74 Å². The molecule has 0 saturated carbocycles. The summed E-state index contributed by atoms with van der Waals surface area (Å²) < 4.78 is 32.3. The maximum atomic E-state index is 13.0. The number of nitro benzene ring substituents is 1. The quantitative estimate of drug-likeness (QED) is 0.547. The second-order valence-corrected chi connectivity index (χ2v) is 9.00. The molecule has 2 aromatic rings. The molecule has 0 bridgehead atoms. The summed E-state index contributed by atoms with van der Waals surface area (Å²) in [5.41, 5.74) is 0.346. The number of halogens is 1. The van der Waals surface area contributed by atoms with Crippen LogP contribution in [0.2, 0.25) is 5.02 Å². The molecule has 1 heterocycles. The van der Waals surface area contributed by atoms with Crippen molar-refractivity contribution in [1.29, 1.82) is 0 Å². The lowest BCUT2D eigenvalue weighted by Crippen LogP contribution is -2.30. The summed E-state index contributed by atoms with van der Waals surface area (Å²) in [6.07, 6.45) is 0. The van der Waals surface area contributed by atoms with Gasteiger partial charge in [0.15, 0.2) is 5.75 Å². The van der Waals surface area contributed by atoms with Gasteiger partial charge in [-0.15, -0.1) is 11.8 Å². The molecule has 1 saturated heterocycles. The van der Waals surface area contributed by atoms with Gasteiger partial charge in [0.1, 0.15) is 0 Å². The molecule has 0 radical (unpaired) electrons. The monoisotopic (exact) mass is 414 g/mol. The van der Waals surface area contributed by atoms with E-state index in [0.29, 0.717) is 22.9 Å². The number of thioether (sulfide) groups is 1. The number of sulfonamides is 1. The van der Waals surface area contributed by atoms with E-state index in [-0.39, 0.29) is 16.3 Å². The van der Waals surface area contributed by atoms with Gasteiger partial charge in [0.25, 0.3) is 0 Å². The largest absolute Gasteiger partial charge is 0.490 e. The minimum Gasteiger partial charge on any atom is -0.490 e. The molecule has 3 rings (SSSR count). The second-order valence-electron chi connectivity index (χ2n) is 5.48. The van der Waals surface area contributed by atoms with E-state index in [2.05, 4.69) is 0 Å². The number of nitro groups is 1. The van der Waals surface area contributed by atoms with Gasteiger partial charge in [0.2, 0.25) is 10.0 Å². The highest BCUT2D eigenvalue weighted by Crippen LogP contribution is 2.43. The Labute approximate surface area is 160 Å². The Morgan fingerprint density at radius 2 is 1.96 bits per heavy atom. The van der Waals surface area contributed by atoms with Crippen LogP contribution in [0.4, 0.5) is 5.69 Å².